The quantitative estimate of drug-likeness (QED) is 0.839. The van der Waals surface area contributed by atoms with Gasteiger partial charge in [-0.25, -0.2) is 0 Å². The predicted molar refractivity (Wildman–Crippen MR) is 80.5 cm³/mol. The topological polar surface area (TPSA) is 34.0 Å². The highest BCUT2D eigenvalue weighted by atomic mass is 19.4. The van der Waals surface area contributed by atoms with Crippen LogP contribution in [0.5, 0.6) is 0 Å². The molecule has 0 bridgehead atoms. The monoisotopic (exact) mass is 328 g/mol. The normalized spacial score (nSPS) is 29.3. The predicted octanol–water partition coefficient (Wildman–Crippen LogP) is 4.05. The molecule has 1 aliphatic heterocycles. The number of hydrogen-bond acceptors (Lipinski definition) is 3. The fraction of sp³-hybridized carbons (Fsp3) is 0.875. The van der Waals surface area contributed by atoms with Crippen molar-refractivity contribution in [3.05, 3.63) is 5.82 Å². The highest BCUT2D eigenvalue weighted by Gasteiger charge is 2.44. The van der Waals surface area contributed by atoms with E-state index in [9.17, 15) is 13.2 Å². The Morgan fingerprint density at radius 2 is 1.65 bits per heavy atom. The minimum absolute atomic E-state index is 0.100. The third-order valence-electron chi connectivity index (χ3n) is 5.51. The van der Waals surface area contributed by atoms with Crippen molar-refractivity contribution in [1.82, 2.24) is 14.8 Å². The molecule has 1 saturated heterocycles. The second-order valence-corrected chi connectivity index (χ2v) is 7.26. The molecule has 2 atom stereocenters. The molecule has 7 heteroatoms. The number of anilines is 1. The zero-order valence-electron chi connectivity index (χ0n) is 13.2. The minimum Gasteiger partial charge on any atom is -0.341 e. The maximum atomic E-state index is 13.2. The van der Waals surface area contributed by atoms with E-state index >= 15 is 0 Å². The first-order valence-corrected chi connectivity index (χ1v) is 8.80. The maximum absolute atomic E-state index is 13.2. The van der Waals surface area contributed by atoms with Gasteiger partial charge in [0, 0.05) is 25.0 Å². The van der Waals surface area contributed by atoms with Crippen LogP contribution in [-0.4, -0.2) is 34.0 Å². The summed E-state index contributed by atoms with van der Waals surface area (Å²) in [6.45, 7) is 1.89. The van der Waals surface area contributed by atoms with Gasteiger partial charge in [0.1, 0.15) is 5.82 Å². The van der Waals surface area contributed by atoms with Crippen LogP contribution in [-0.2, 0) is 0 Å². The van der Waals surface area contributed by atoms with Crippen LogP contribution in [0.3, 0.4) is 0 Å². The molecule has 23 heavy (non-hydrogen) atoms. The molecular formula is C16H23F3N4. The number of alkyl halides is 3. The summed E-state index contributed by atoms with van der Waals surface area (Å²) >= 11 is 0. The van der Waals surface area contributed by atoms with E-state index in [1.165, 1.54) is 0 Å². The Hall–Kier alpha value is -1.27. The van der Waals surface area contributed by atoms with Gasteiger partial charge in [0.15, 0.2) is 0 Å². The van der Waals surface area contributed by atoms with E-state index in [-0.39, 0.29) is 18.9 Å². The van der Waals surface area contributed by atoms with Gasteiger partial charge < -0.3 is 4.90 Å². The lowest BCUT2D eigenvalue weighted by Gasteiger charge is -2.33. The van der Waals surface area contributed by atoms with Crippen LogP contribution >= 0.6 is 0 Å². The Morgan fingerprint density at radius 1 is 0.913 bits per heavy atom. The summed E-state index contributed by atoms with van der Waals surface area (Å²) in [4.78, 5) is 2.20. The smallest absolute Gasteiger partial charge is 0.341 e. The Morgan fingerprint density at radius 3 is 2.30 bits per heavy atom. The fourth-order valence-corrected chi connectivity index (χ4v) is 4.09. The minimum atomic E-state index is -4.08. The lowest BCUT2D eigenvalue weighted by Crippen LogP contribution is -2.32. The molecule has 128 valence electrons. The fourth-order valence-electron chi connectivity index (χ4n) is 4.09. The average molecular weight is 328 g/mol. The Labute approximate surface area is 134 Å². The van der Waals surface area contributed by atoms with Gasteiger partial charge in [0.05, 0.1) is 5.92 Å². The maximum Gasteiger partial charge on any atom is 0.391 e. The molecule has 2 aliphatic carbocycles. The van der Waals surface area contributed by atoms with E-state index in [2.05, 4.69) is 19.7 Å². The van der Waals surface area contributed by atoms with Crippen LogP contribution in [0, 0.1) is 5.92 Å². The van der Waals surface area contributed by atoms with Gasteiger partial charge in [0.25, 0.3) is 0 Å². The number of hydrogen-bond donors (Lipinski definition) is 0. The van der Waals surface area contributed by atoms with Crippen LogP contribution < -0.4 is 4.90 Å². The summed E-state index contributed by atoms with van der Waals surface area (Å²) in [5.41, 5.74) is 0. The van der Waals surface area contributed by atoms with Crippen LogP contribution in [0.4, 0.5) is 19.1 Å². The Balaban J connectivity index is 1.64. The van der Waals surface area contributed by atoms with Crippen molar-refractivity contribution in [3.63, 3.8) is 0 Å². The Kier molecular flexibility index (Phi) is 3.76. The summed E-state index contributed by atoms with van der Waals surface area (Å²) in [6, 6.07) is -0.100. The van der Waals surface area contributed by atoms with Gasteiger partial charge in [0.2, 0.25) is 5.95 Å². The first-order chi connectivity index (χ1) is 11.0. The van der Waals surface area contributed by atoms with Crippen molar-refractivity contribution in [2.75, 3.05) is 18.0 Å². The number of aromatic nitrogens is 3. The molecule has 0 radical (unpaired) electrons. The first-order valence-electron chi connectivity index (χ1n) is 8.80. The Bertz CT molecular complexity index is 558. The summed E-state index contributed by atoms with van der Waals surface area (Å²) < 4.78 is 41.6. The van der Waals surface area contributed by atoms with Gasteiger partial charge in [-0.05, 0) is 44.9 Å². The molecule has 2 unspecified atom stereocenters. The second kappa shape index (κ2) is 5.67. The molecule has 4 nitrogen and oxygen atoms in total. The van der Waals surface area contributed by atoms with E-state index in [0.29, 0.717) is 12.3 Å². The molecule has 2 saturated carbocycles. The van der Waals surface area contributed by atoms with Crippen LogP contribution in [0.25, 0.3) is 0 Å². The van der Waals surface area contributed by atoms with E-state index in [1.54, 1.807) is 0 Å². The molecule has 3 fully saturated rings. The van der Waals surface area contributed by atoms with Crippen molar-refractivity contribution in [1.29, 1.82) is 0 Å². The molecule has 1 aromatic heterocycles. The molecule has 2 heterocycles. The molecule has 0 amide bonds. The lowest BCUT2D eigenvalue weighted by molar-refractivity contribution is -0.185. The summed E-state index contributed by atoms with van der Waals surface area (Å²) in [5.74, 6) is 0.976. The van der Waals surface area contributed by atoms with Crippen molar-refractivity contribution in [2.24, 2.45) is 5.92 Å². The lowest BCUT2D eigenvalue weighted by atomic mass is 9.85. The highest BCUT2D eigenvalue weighted by Crippen LogP contribution is 2.46. The van der Waals surface area contributed by atoms with Crippen molar-refractivity contribution < 1.29 is 13.2 Å². The van der Waals surface area contributed by atoms with Gasteiger partial charge in [-0.15, -0.1) is 10.2 Å². The molecule has 0 spiro atoms. The van der Waals surface area contributed by atoms with Crippen molar-refractivity contribution in [3.8, 4) is 0 Å². The van der Waals surface area contributed by atoms with Crippen LogP contribution in [0.15, 0.2) is 0 Å². The second-order valence-electron chi connectivity index (χ2n) is 7.26. The molecule has 0 aromatic carbocycles. The number of rotatable bonds is 3. The van der Waals surface area contributed by atoms with E-state index < -0.39 is 12.1 Å². The third-order valence-corrected chi connectivity index (χ3v) is 5.51. The van der Waals surface area contributed by atoms with E-state index in [4.69, 9.17) is 0 Å². The van der Waals surface area contributed by atoms with Crippen molar-refractivity contribution in [2.45, 2.75) is 69.5 Å². The van der Waals surface area contributed by atoms with Crippen LogP contribution in [0.1, 0.15) is 69.2 Å². The largest absolute Gasteiger partial charge is 0.391 e. The zero-order chi connectivity index (χ0) is 16.0. The molecule has 3 aliphatic rings. The van der Waals surface area contributed by atoms with Gasteiger partial charge in [-0.2, -0.15) is 13.2 Å². The van der Waals surface area contributed by atoms with E-state index in [0.717, 1.165) is 57.0 Å². The van der Waals surface area contributed by atoms with Crippen molar-refractivity contribution >= 4 is 5.95 Å². The standard InChI is InChI=1S/C16H23F3N4/c17-16(18,19)12-4-3-5-13(10-12)23-14(11-6-7-11)20-21-15(23)22-8-1-2-9-22/h11-13H,1-10H2. The number of halogens is 3. The van der Waals surface area contributed by atoms with Gasteiger partial charge in [-0.1, -0.05) is 6.42 Å². The summed E-state index contributed by atoms with van der Waals surface area (Å²) in [5, 5.41) is 8.75. The summed E-state index contributed by atoms with van der Waals surface area (Å²) in [7, 11) is 0. The first kappa shape index (κ1) is 15.3. The number of nitrogens with zero attached hydrogens (tertiary/aromatic N) is 4. The van der Waals surface area contributed by atoms with Gasteiger partial charge >= 0.3 is 6.18 Å². The SMILES string of the molecule is FC(F)(F)C1CCCC(n2c(C3CC3)nnc2N2CCCC2)C1. The van der Waals surface area contributed by atoms with E-state index in [1.807, 2.05) is 0 Å². The highest BCUT2D eigenvalue weighted by molar-refractivity contribution is 5.34. The molecule has 1 aromatic rings. The average Bonchev–Trinajstić information content (AvgIpc) is 3.06. The van der Waals surface area contributed by atoms with Gasteiger partial charge in [-0.3, -0.25) is 4.57 Å². The van der Waals surface area contributed by atoms with Crippen LogP contribution in [0.2, 0.25) is 0 Å². The third kappa shape index (κ3) is 2.94. The molecular weight excluding hydrogens is 305 g/mol. The summed E-state index contributed by atoms with van der Waals surface area (Å²) in [6.07, 6.45) is 2.24. The molecule has 0 N–H and O–H groups in total. The zero-order valence-corrected chi connectivity index (χ0v) is 13.2. The molecule has 4 rings (SSSR count).